The normalized spacial score (nSPS) is 18.2. The number of benzene rings is 1. The summed E-state index contributed by atoms with van der Waals surface area (Å²) < 4.78 is 26.0. The molecule has 2 amide bonds. The molecule has 26 heavy (non-hydrogen) atoms. The fraction of sp³-hybridized carbons (Fsp3) is 0.579. The third kappa shape index (κ3) is 6.71. The number of carbonyl (C=O) groups excluding carboxylic acids is 2. The third-order valence-corrected chi connectivity index (χ3v) is 4.65. The minimum atomic E-state index is -1.03. The van der Waals surface area contributed by atoms with Gasteiger partial charge in [-0.05, 0) is 50.4 Å². The Kier molecular flexibility index (Phi) is 7.97. The lowest BCUT2D eigenvalue weighted by Gasteiger charge is -2.19. The SMILES string of the molecule is CCCC1CCCN(CC(=O)NCC(=O)Nc2ccc(F)c(F)c2)CC1. The molecule has 1 aliphatic rings. The van der Waals surface area contributed by atoms with Crippen molar-refractivity contribution in [2.24, 2.45) is 5.92 Å². The van der Waals surface area contributed by atoms with Crippen LogP contribution in [0.3, 0.4) is 0 Å². The molecule has 0 bridgehead atoms. The van der Waals surface area contributed by atoms with Gasteiger partial charge in [-0.2, -0.15) is 0 Å². The first-order valence-electron chi connectivity index (χ1n) is 9.22. The number of likely N-dealkylation sites (tertiary alicyclic amines) is 1. The number of carbonyl (C=O) groups is 2. The molecule has 1 saturated heterocycles. The van der Waals surface area contributed by atoms with Crippen LogP contribution in [0, 0.1) is 17.6 Å². The van der Waals surface area contributed by atoms with Gasteiger partial charge in [-0.3, -0.25) is 14.5 Å². The van der Waals surface area contributed by atoms with Crippen LogP contribution in [0.2, 0.25) is 0 Å². The van der Waals surface area contributed by atoms with Crippen molar-refractivity contribution < 1.29 is 18.4 Å². The minimum Gasteiger partial charge on any atom is -0.346 e. The largest absolute Gasteiger partial charge is 0.346 e. The molecule has 0 saturated carbocycles. The molecule has 2 rings (SSSR count). The zero-order valence-electron chi connectivity index (χ0n) is 15.2. The van der Waals surface area contributed by atoms with E-state index in [1.54, 1.807) is 0 Å². The van der Waals surface area contributed by atoms with Crippen molar-refractivity contribution in [2.45, 2.75) is 39.0 Å². The van der Waals surface area contributed by atoms with E-state index in [9.17, 15) is 18.4 Å². The molecule has 1 aromatic rings. The number of halogens is 2. The Labute approximate surface area is 153 Å². The van der Waals surface area contributed by atoms with E-state index >= 15 is 0 Å². The Morgan fingerprint density at radius 2 is 1.96 bits per heavy atom. The van der Waals surface area contributed by atoms with Crippen LogP contribution in [0.15, 0.2) is 18.2 Å². The van der Waals surface area contributed by atoms with E-state index in [-0.39, 0.29) is 24.7 Å². The lowest BCUT2D eigenvalue weighted by Crippen LogP contribution is -2.40. The summed E-state index contributed by atoms with van der Waals surface area (Å²) in [5.74, 6) is -1.96. The molecule has 1 aromatic carbocycles. The predicted octanol–water partition coefficient (Wildman–Crippen LogP) is 2.92. The maximum absolute atomic E-state index is 13.1. The first kappa shape index (κ1) is 20.3. The van der Waals surface area contributed by atoms with E-state index in [1.165, 1.54) is 25.3 Å². The fourth-order valence-electron chi connectivity index (χ4n) is 3.30. The van der Waals surface area contributed by atoms with Gasteiger partial charge in [0.2, 0.25) is 11.8 Å². The summed E-state index contributed by atoms with van der Waals surface area (Å²) >= 11 is 0. The second-order valence-electron chi connectivity index (χ2n) is 6.82. The summed E-state index contributed by atoms with van der Waals surface area (Å²) in [6.45, 7) is 4.07. The van der Waals surface area contributed by atoms with Gasteiger partial charge >= 0.3 is 0 Å². The fourth-order valence-corrected chi connectivity index (χ4v) is 3.30. The number of rotatable bonds is 7. The van der Waals surface area contributed by atoms with Gasteiger partial charge in [-0.1, -0.05) is 19.8 Å². The highest BCUT2D eigenvalue weighted by molar-refractivity contribution is 5.94. The van der Waals surface area contributed by atoms with Crippen molar-refractivity contribution in [1.82, 2.24) is 10.2 Å². The third-order valence-electron chi connectivity index (χ3n) is 4.65. The Hall–Kier alpha value is -2.02. The highest BCUT2D eigenvalue weighted by Crippen LogP contribution is 2.21. The first-order valence-corrected chi connectivity index (χ1v) is 9.22. The molecule has 1 atom stereocenters. The molecule has 7 heteroatoms. The van der Waals surface area contributed by atoms with Gasteiger partial charge < -0.3 is 10.6 Å². The Balaban J connectivity index is 1.70. The molecule has 1 fully saturated rings. The number of nitrogens with zero attached hydrogens (tertiary/aromatic N) is 1. The van der Waals surface area contributed by atoms with Crippen molar-refractivity contribution in [1.29, 1.82) is 0 Å². The minimum absolute atomic E-state index is 0.151. The van der Waals surface area contributed by atoms with E-state index in [1.807, 2.05) is 0 Å². The van der Waals surface area contributed by atoms with Crippen LogP contribution in [0.5, 0.6) is 0 Å². The van der Waals surface area contributed by atoms with Gasteiger partial charge in [0.05, 0.1) is 13.1 Å². The molecule has 0 aromatic heterocycles. The second-order valence-corrected chi connectivity index (χ2v) is 6.82. The number of amides is 2. The average molecular weight is 367 g/mol. The Morgan fingerprint density at radius 1 is 1.15 bits per heavy atom. The van der Waals surface area contributed by atoms with E-state index < -0.39 is 17.5 Å². The molecule has 5 nitrogen and oxygen atoms in total. The number of anilines is 1. The van der Waals surface area contributed by atoms with Crippen LogP contribution in [0.25, 0.3) is 0 Å². The van der Waals surface area contributed by atoms with Crippen molar-refractivity contribution in [3.8, 4) is 0 Å². The molecular formula is C19H27F2N3O2. The number of hydrogen-bond acceptors (Lipinski definition) is 3. The summed E-state index contributed by atoms with van der Waals surface area (Å²) in [4.78, 5) is 26.0. The number of hydrogen-bond donors (Lipinski definition) is 2. The van der Waals surface area contributed by atoms with Crippen LogP contribution < -0.4 is 10.6 Å². The molecule has 144 valence electrons. The summed E-state index contributed by atoms with van der Waals surface area (Å²) in [5.41, 5.74) is 0.151. The molecule has 1 unspecified atom stereocenters. The lowest BCUT2D eigenvalue weighted by atomic mass is 9.96. The molecule has 2 N–H and O–H groups in total. The molecule has 0 radical (unpaired) electrons. The quantitative estimate of drug-likeness (QED) is 0.779. The topological polar surface area (TPSA) is 61.4 Å². The maximum atomic E-state index is 13.1. The van der Waals surface area contributed by atoms with Crippen LogP contribution in [-0.2, 0) is 9.59 Å². The summed E-state index contributed by atoms with van der Waals surface area (Å²) in [7, 11) is 0. The van der Waals surface area contributed by atoms with E-state index in [4.69, 9.17) is 0 Å². The van der Waals surface area contributed by atoms with Crippen molar-refractivity contribution >= 4 is 17.5 Å². The van der Waals surface area contributed by atoms with Gasteiger partial charge in [-0.15, -0.1) is 0 Å². The highest BCUT2D eigenvalue weighted by Gasteiger charge is 2.18. The van der Waals surface area contributed by atoms with Gasteiger partial charge in [0.25, 0.3) is 0 Å². The van der Waals surface area contributed by atoms with Crippen molar-refractivity contribution in [2.75, 3.05) is 31.5 Å². The molecular weight excluding hydrogens is 340 g/mol. The van der Waals surface area contributed by atoms with Crippen LogP contribution in [-0.4, -0.2) is 42.9 Å². The zero-order valence-corrected chi connectivity index (χ0v) is 15.2. The average Bonchev–Trinajstić information content (AvgIpc) is 2.82. The summed E-state index contributed by atoms with van der Waals surface area (Å²) in [5, 5.41) is 5.00. The molecule has 1 heterocycles. The van der Waals surface area contributed by atoms with Crippen LogP contribution in [0.4, 0.5) is 14.5 Å². The van der Waals surface area contributed by atoms with Crippen molar-refractivity contribution in [3.63, 3.8) is 0 Å². The van der Waals surface area contributed by atoms with Crippen LogP contribution >= 0.6 is 0 Å². The van der Waals surface area contributed by atoms with E-state index in [0.717, 1.165) is 44.0 Å². The van der Waals surface area contributed by atoms with Crippen LogP contribution in [0.1, 0.15) is 39.0 Å². The first-order chi connectivity index (χ1) is 12.5. The predicted molar refractivity (Wildman–Crippen MR) is 96.7 cm³/mol. The molecule has 0 spiro atoms. The summed E-state index contributed by atoms with van der Waals surface area (Å²) in [6.07, 6.45) is 5.84. The second kappa shape index (κ2) is 10.2. The monoisotopic (exact) mass is 367 g/mol. The standard InChI is InChI=1S/C19H27F2N3O2/c1-2-4-14-5-3-9-24(10-8-14)13-19(26)22-12-18(25)23-15-6-7-16(20)17(21)11-15/h6-7,11,14H,2-5,8-10,12-13H2,1H3,(H,22,26)(H,23,25). The zero-order chi connectivity index (χ0) is 18.9. The smallest absolute Gasteiger partial charge is 0.243 e. The van der Waals surface area contributed by atoms with Gasteiger partial charge in [0.15, 0.2) is 11.6 Å². The van der Waals surface area contributed by atoms with Gasteiger partial charge in [0.1, 0.15) is 0 Å². The number of nitrogens with one attached hydrogen (secondary N) is 2. The summed E-state index contributed by atoms with van der Waals surface area (Å²) in [6, 6.07) is 3.11. The van der Waals surface area contributed by atoms with Gasteiger partial charge in [-0.25, -0.2) is 8.78 Å². The molecule has 0 aliphatic carbocycles. The van der Waals surface area contributed by atoms with E-state index in [0.29, 0.717) is 0 Å². The highest BCUT2D eigenvalue weighted by atomic mass is 19.2. The van der Waals surface area contributed by atoms with Crippen molar-refractivity contribution in [3.05, 3.63) is 29.8 Å². The Morgan fingerprint density at radius 3 is 2.69 bits per heavy atom. The Bertz CT molecular complexity index is 625. The lowest BCUT2D eigenvalue weighted by molar-refractivity contribution is -0.125. The van der Waals surface area contributed by atoms with Gasteiger partial charge in [0, 0.05) is 11.8 Å². The maximum Gasteiger partial charge on any atom is 0.243 e. The van der Waals surface area contributed by atoms with E-state index in [2.05, 4.69) is 22.5 Å². The molecule has 1 aliphatic heterocycles.